The highest BCUT2D eigenvalue weighted by atomic mass is 35.5. The SMILES string of the molecule is COCC(CCCl)NC(=O)c1cccc(=O)[nH]1. The van der Waals surface area contributed by atoms with Crippen LogP contribution in [0.25, 0.3) is 0 Å². The number of carbonyl (C=O) groups excluding carboxylic acids is 1. The van der Waals surface area contributed by atoms with E-state index in [-0.39, 0.29) is 23.2 Å². The topological polar surface area (TPSA) is 71.2 Å². The Morgan fingerprint density at radius 2 is 2.35 bits per heavy atom. The molecule has 2 N–H and O–H groups in total. The second-order valence-electron chi connectivity index (χ2n) is 3.53. The molecule has 0 saturated heterocycles. The minimum Gasteiger partial charge on any atom is -0.383 e. The molecule has 1 heterocycles. The molecule has 6 heteroatoms. The van der Waals surface area contributed by atoms with Crippen LogP contribution in [0.2, 0.25) is 0 Å². The zero-order valence-corrected chi connectivity index (χ0v) is 10.3. The van der Waals surface area contributed by atoms with Crippen molar-refractivity contribution in [3.63, 3.8) is 0 Å². The van der Waals surface area contributed by atoms with E-state index in [9.17, 15) is 9.59 Å². The Hall–Kier alpha value is -1.33. The predicted molar refractivity (Wildman–Crippen MR) is 65.5 cm³/mol. The van der Waals surface area contributed by atoms with E-state index in [1.165, 1.54) is 12.1 Å². The molecule has 0 spiro atoms. The van der Waals surface area contributed by atoms with E-state index in [1.807, 2.05) is 0 Å². The molecule has 0 bridgehead atoms. The van der Waals surface area contributed by atoms with Gasteiger partial charge in [0, 0.05) is 19.1 Å². The lowest BCUT2D eigenvalue weighted by Crippen LogP contribution is -2.39. The number of aromatic nitrogens is 1. The van der Waals surface area contributed by atoms with Gasteiger partial charge in [-0.1, -0.05) is 6.07 Å². The van der Waals surface area contributed by atoms with Gasteiger partial charge in [-0.3, -0.25) is 9.59 Å². The molecule has 1 unspecified atom stereocenters. The van der Waals surface area contributed by atoms with E-state index in [2.05, 4.69) is 10.3 Å². The highest BCUT2D eigenvalue weighted by Crippen LogP contribution is 1.98. The number of hydrogen-bond acceptors (Lipinski definition) is 3. The Morgan fingerprint density at radius 1 is 1.59 bits per heavy atom. The van der Waals surface area contributed by atoms with E-state index < -0.39 is 0 Å². The van der Waals surface area contributed by atoms with Crippen molar-refractivity contribution in [1.29, 1.82) is 0 Å². The lowest BCUT2D eigenvalue weighted by molar-refractivity contribution is 0.0890. The van der Waals surface area contributed by atoms with Crippen molar-refractivity contribution in [3.8, 4) is 0 Å². The minimum absolute atomic E-state index is 0.159. The van der Waals surface area contributed by atoms with Crippen molar-refractivity contribution in [1.82, 2.24) is 10.3 Å². The van der Waals surface area contributed by atoms with Crippen molar-refractivity contribution in [2.45, 2.75) is 12.5 Å². The number of amides is 1. The number of rotatable bonds is 6. The number of H-pyrrole nitrogens is 1. The third-order valence-electron chi connectivity index (χ3n) is 2.17. The van der Waals surface area contributed by atoms with Crippen LogP contribution in [0.15, 0.2) is 23.0 Å². The Morgan fingerprint density at radius 3 is 2.94 bits per heavy atom. The van der Waals surface area contributed by atoms with Crippen LogP contribution in [0.1, 0.15) is 16.9 Å². The van der Waals surface area contributed by atoms with Gasteiger partial charge in [-0.05, 0) is 12.5 Å². The summed E-state index contributed by atoms with van der Waals surface area (Å²) in [4.78, 5) is 25.3. The maximum Gasteiger partial charge on any atom is 0.268 e. The molecule has 0 aliphatic heterocycles. The Bertz CT molecular complexity index is 413. The zero-order chi connectivity index (χ0) is 12.7. The van der Waals surface area contributed by atoms with Gasteiger partial charge in [0.1, 0.15) is 5.69 Å². The molecular formula is C11H15ClN2O3. The highest BCUT2D eigenvalue weighted by Gasteiger charge is 2.13. The molecule has 1 amide bonds. The van der Waals surface area contributed by atoms with E-state index in [0.29, 0.717) is 18.9 Å². The van der Waals surface area contributed by atoms with Gasteiger partial charge in [0.05, 0.1) is 12.6 Å². The summed E-state index contributed by atoms with van der Waals surface area (Å²) in [5, 5.41) is 2.74. The average Bonchev–Trinajstić information content (AvgIpc) is 2.29. The summed E-state index contributed by atoms with van der Waals surface area (Å²) in [5.41, 5.74) is -0.0774. The minimum atomic E-state index is -0.338. The van der Waals surface area contributed by atoms with E-state index >= 15 is 0 Å². The first-order chi connectivity index (χ1) is 8.17. The zero-order valence-electron chi connectivity index (χ0n) is 9.53. The van der Waals surface area contributed by atoms with Crippen LogP contribution < -0.4 is 10.9 Å². The molecule has 1 atom stereocenters. The quantitative estimate of drug-likeness (QED) is 0.740. The van der Waals surface area contributed by atoms with Gasteiger partial charge in [0.25, 0.3) is 5.91 Å². The maximum atomic E-state index is 11.8. The van der Waals surface area contributed by atoms with Gasteiger partial charge in [0.15, 0.2) is 0 Å². The summed E-state index contributed by atoms with van der Waals surface area (Å²) in [6.45, 7) is 0.384. The summed E-state index contributed by atoms with van der Waals surface area (Å²) in [6.07, 6.45) is 0.609. The van der Waals surface area contributed by atoms with Crippen LogP contribution in [-0.2, 0) is 4.74 Å². The van der Waals surface area contributed by atoms with Crippen LogP contribution in [-0.4, -0.2) is 36.5 Å². The van der Waals surface area contributed by atoms with Gasteiger partial charge in [-0.15, -0.1) is 11.6 Å². The fraction of sp³-hybridized carbons (Fsp3) is 0.455. The van der Waals surface area contributed by atoms with Crippen molar-refractivity contribution in [3.05, 3.63) is 34.2 Å². The summed E-state index contributed by atoms with van der Waals surface area (Å²) in [7, 11) is 1.55. The van der Waals surface area contributed by atoms with Gasteiger partial charge >= 0.3 is 0 Å². The third kappa shape index (κ3) is 4.58. The molecule has 0 radical (unpaired) electrons. The molecule has 1 rings (SSSR count). The summed E-state index contributed by atoms with van der Waals surface area (Å²) in [5.74, 6) is 0.0921. The number of nitrogens with one attached hydrogen (secondary N) is 2. The predicted octanol–water partition coefficient (Wildman–Crippen LogP) is 0.749. The van der Waals surface area contributed by atoms with Crippen molar-refractivity contribution in [2.24, 2.45) is 0 Å². The number of aromatic amines is 1. The molecule has 0 saturated carbocycles. The Kier molecular flexibility index (Phi) is 5.72. The third-order valence-corrected chi connectivity index (χ3v) is 2.39. The maximum absolute atomic E-state index is 11.8. The standard InChI is InChI=1S/C11H15ClN2O3/c1-17-7-8(5-6-12)13-11(16)9-3-2-4-10(15)14-9/h2-4,8H,5-7H2,1H3,(H,13,16)(H,14,15). The molecule has 1 aromatic rings. The van der Waals surface area contributed by atoms with Crippen molar-refractivity contribution < 1.29 is 9.53 Å². The fourth-order valence-corrected chi connectivity index (χ4v) is 1.64. The van der Waals surface area contributed by atoms with Crippen molar-refractivity contribution in [2.75, 3.05) is 19.6 Å². The fourth-order valence-electron chi connectivity index (χ4n) is 1.37. The molecule has 0 aliphatic carbocycles. The van der Waals surface area contributed by atoms with Gasteiger partial charge in [-0.2, -0.15) is 0 Å². The Balaban J connectivity index is 2.66. The molecule has 17 heavy (non-hydrogen) atoms. The largest absolute Gasteiger partial charge is 0.383 e. The van der Waals surface area contributed by atoms with Crippen LogP contribution in [0.5, 0.6) is 0 Å². The molecule has 0 aliphatic rings. The molecular weight excluding hydrogens is 244 g/mol. The second-order valence-corrected chi connectivity index (χ2v) is 3.91. The number of pyridine rings is 1. The van der Waals surface area contributed by atoms with Crippen LogP contribution in [0, 0.1) is 0 Å². The number of methoxy groups -OCH3 is 1. The van der Waals surface area contributed by atoms with E-state index in [0.717, 1.165) is 0 Å². The molecule has 94 valence electrons. The first-order valence-electron chi connectivity index (χ1n) is 5.22. The van der Waals surface area contributed by atoms with Crippen molar-refractivity contribution >= 4 is 17.5 Å². The van der Waals surface area contributed by atoms with Crippen LogP contribution in [0.4, 0.5) is 0 Å². The summed E-state index contributed by atoms with van der Waals surface area (Å²) in [6, 6.07) is 4.26. The highest BCUT2D eigenvalue weighted by molar-refractivity contribution is 6.17. The smallest absolute Gasteiger partial charge is 0.268 e. The lowest BCUT2D eigenvalue weighted by atomic mass is 10.2. The van der Waals surface area contributed by atoms with Crippen LogP contribution >= 0.6 is 11.6 Å². The second kappa shape index (κ2) is 7.09. The van der Waals surface area contributed by atoms with E-state index in [4.69, 9.17) is 16.3 Å². The normalized spacial score (nSPS) is 12.1. The first-order valence-corrected chi connectivity index (χ1v) is 5.76. The molecule has 0 aromatic carbocycles. The summed E-state index contributed by atoms with van der Waals surface area (Å²) < 4.78 is 4.97. The number of ether oxygens (including phenoxy) is 1. The number of halogens is 1. The lowest BCUT2D eigenvalue weighted by Gasteiger charge is -2.16. The van der Waals surface area contributed by atoms with Gasteiger partial charge < -0.3 is 15.0 Å². The van der Waals surface area contributed by atoms with Gasteiger partial charge in [0.2, 0.25) is 5.56 Å². The molecule has 0 fully saturated rings. The number of carbonyl (C=O) groups is 1. The monoisotopic (exact) mass is 258 g/mol. The number of alkyl halides is 1. The van der Waals surface area contributed by atoms with Gasteiger partial charge in [-0.25, -0.2) is 0 Å². The molecule has 1 aromatic heterocycles. The number of hydrogen-bond donors (Lipinski definition) is 2. The first kappa shape index (κ1) is 13.7. The average molecular weight is 259 g/mol. The van der Waals surface area contributed by atoms with Crippen LogP contribution in [0.3, 0.4) is 0 Å². The molecule has 5 nitrogen and oxygen atoms in total. The van der Waals surface area contributed by atoms with E-state index in [1.54, 1.807) is 13.2 Å². The summed E-state index contributed by atoms with van der Waals surface area (Å²) >= 11 is 5.62. The Labute approximate surface area is 104 Å².